The van der Waals surface area contributed by atoms with E-state index in [4.69, 9.17) is 5.73 Å². The molecule has 118 valence electrons. The zero-order chi connectivity index (χ0) is 14.4. The van der Waals surface area contributed by atoms with E-state index in [9.17, 15) is 8.42 Å². The highest BCUT2D eigenvalue weighted by atomic mass is 32.2. The zero-order valence-corrected chi connectivity index (χ0v) is 13.1. The molecule has 0 unspecified atom stereocenters. The minimum Gasteiger partial charge on any atom is -0.330 e. The average Bonchev–Trinajstić information content (AvgIpc) is 2.97. The van der Waals surface area contributed by atoms with E-state index < -0.39 is 10.2 Å². The Bertz CT molecular complexity index is 374. The van der Waals surface area contributed by atoms with Gasteiger partial charge in [0, 0.05) is 19.6 Å². The molecule has 0 aliphatic carbocycles. The molecule has 0 spiro atoms. The molecule has 0 atom stereocenters. The van der Waals surface area contributed by atoms with Crippen LogP contribution in [-0.2, 0) is 10.2 Å². The third kappa shape index (κ3) is 4.66. The number of nitrogens with two attached hydrogens (primary N) is 1. The van der Waals surface area contributed by atoms with Gasteiger partial charge < -0.3 is 10.6 Å². The minimum absolute atomic E-state index is 0.483. The Balaban J connectivity index is 1.65. The molecule has 20 heavy (non-hydrogen) atoms. The van der Waals surface area contributed by atoms with E-state index in [1.165, 1.54) is 25.9 Å². The van der Waals surface area contributed by atoms with E-state index in [-0.39, 0.29) is 0 Å². The predicted octanol–water partition coefficient (Wildman–Crippen LogP) is -0.0226. The van der Waals surface area contributed by atoms with Crippen LogP contribution in [-0.4, -0.2) is 63.4 Å². The Morgan fingerprint density at radius 1 is 1.10 bits per heavy atom. The number of hydrogen-bond donors (Lipinski definition) is 2. The summed E-state index contributed by atoms with van der Waals surface area (Å²) in [6.07, 6.45) is 5.21. The van der Waals surface area contributed by atoms with Gasteiger partial charge in [-0.1, -0.05) is 0 Å². The lowest BCUT2D eigenvalue weighted by atomic mass is 9.99. The Labute approximate surface area is 122 Å². The van der Waals surface area contributed by atoms with E-state index >= 15 is 0 Å². The summed E-state index contributed by atoms with van der Waals surface area (Å²) in [6, 6.07) is 0. The summed E-state index contributed by atoms with van der Waals surface area (Å²) in [6.45, 7) is 5.73. The number of hydrogen-bond acceptors (Lipinski definition) is 4. The number of nitrogens with one attached hydrogen (secondary N) is 1. The molecule has 0 saturated carbocycles. The molecule has 6 nitrogen and oxygen atoms in total. The quantitative estimate of drug-likeness (QED) is 0.648. The SMILES string of the molecule is NCC1CCN(S(=O)(=O)NCCCN2CCCC2)CC1. The van der Waals surface area contributed by atoms with Gasteiger partial charge in [-0.05, 0) is 64.2 Å². The molecule has 0 bridgehead atoms. The monoisotopic (exact) mass is 304 g/mol. The normalized spacial score (nSPS) is 23.4. The van der Waals surface area contributed by atoms with Crippen LogP contribution in [0.1, 0.15) is 32.1 Å². The van der Waals surface area contributed by atoms with Crippen LogP contribution in [0, 0.1) is 5.92 Å². The van der Waals surface area contributed by atoms with Gasteiger partial charge in [-0.3, -0.25) is 0 Å². The molecule has 2 aliphatic heterocycles. The van der Waals surface area contributed by atoms with Crippen LogP contribution in [0.3, 0.4) is 0 Å². The van der Waals surface area contributed by atoms with Gasteiger partial charge in [0.15, 0.2) is 0 Å². The molecule has 2 rings (SSSR count). The van der Waals surface area contributed by atoms with Crippen molar-refractivity contribution in [1.82, 2.24) is 13.9 Å². The molecular weight excluding hydrogens is 276 g/mol. The van der Waals surface area contributed by atoms with Crippen molar-refractivity contribution < 1.29 is 8.42 Å². The first-order valence-electron chi connectivity index (χ1n) is 7.79. The van der Waals surface area contributed by atoms with Crippen molar-refractivity contribution in [2.24, 2.45) is 11.7 Å². The van der Waals surface area contributed by atoms with E-state index in [2.05, 4.69) is 9.62 Å². The Hall–Kier alpha value is -0.210. The Morgan fingerprint density at radius 2 is 1.75 bits per heavy atom. The third-order valence-electron chi connectivity index (χ3n) is 4.38. The summed E-state index contributed by atoms with van der Waals surface area (Å²) < 4.78 is 28.6. The van der Waals surface area contributed by atoms with E-state index in [0.717, 1.165) is 25.8 Å². The summed E-state index contributed by atoms with van der Waals surface area (Å²) in [7, 11) is -3.29. The second kappa shape index (κ2) is 7.70. The van der Waals surface area contributed by atoms with Crippen LogP contribution in [0.25, 0.3) is 0 Å². The zero-order valence-electron chi connectivity index (χ0n) is 12.3. The molecule has 0 amide bonds. The maximum atomic E-state index is 12.1. The Kier molecular flexibility index (Phi) is 6.22. The number of nitrogens with zero attached hydrogens (tertiary/aromatic N) is 2. The molecule has 2 saturated heterocycles. The van der Waals surface area contributed by atoms with Gasteiger partial charge in [0.2, 0.25) is 0 Å². The third-order valence-corrected chi connectivity index (χ3v) is 5.99. The molecule has 3 N–H and O–H groups in total. The maximum Gasteiger partial charge on any atom is 0.279 e. The molecule has 2 heterocycles. The fourth-order valence-corrected chi connectivity index (χ4v) is 4.26. The van der Waals surface area contributed by atoms with Crippen molar-refractivity contribution in [2.75, 3.05) is 45.8 Å². The van der Waals surface area contributed by atoms with Gasteiger partial charge in [-0.2, -0.15) is 12.7 Å². The highest BCUT2D eigenvalue weighted by Crippen LogP contribution is 2.17. The number of rotatable bonds is 7. The second-order valence-corrected chi connectivity index (χ2v) is 7.64. The topological polar surface area (TPSA) is 78.7 Å². The van der Waals surface area contributed by atoms with Crippen LogP contribution in [0.5, 0.6) is 0 Å². The number of likely N-dealkylation sites (tertiary alicyclic amines) is 1. The first kappa shape index (κ1) is 16.2. The van der Waals surface area contributed by atoms with E-state index in [0.29, 0.717) is 32.1 Å². The first-order valence-corrected chi connectivity index (χ1v) is 9.23. The molecule has 2 fully saturated rings. The average molecular weight is 304 g/mol. The Morgan fingerprint density at radius 3 is 2.35 bits per heavy atom. The van der Waals surface area contributed by atoms with Gasteiger partial charge in [0.05, 0.1) is 0 Å². The van der Waals surface area contributed by atoms with Crippen molar-refractivity contribution in [3.05, 3.63) is 0 Å². The van der Waals surface area contributed by atoms with E-state index in [1.54, 1.807) is 4.31 Å². The molecule has 2 aliphatic rings. The smallest absolute Gasteiger partial charge is 0.279 e. The fourth-order valence-electron chi connectivity index (χ4n) is 2.99. The van der Waals surface area contributed by atoms with Gasteiger partial charge in [-0.25, -0.2) is 4.72 Å². The van der Waals surface area contributed by atoms with Gasteiger partial charge in [0.1, 0.15) is 0 Å². The lowest BCUT2D eigenvalue weighted by Gasteiger charge is -2.30. The largest absolute Gasteiger partial charge is 0.330 e. The number of piperidine rings is 1. The molecule has 0 aromatic carbocycles. The summed E-state index contributed by atoms with van der Waals surface area (Å²) in [5.41, 5.74) is 5.63. The van der Waals surface area contributed by atoms with Gasteiger partial charge in [0.25, 0.3) is 10.2 Å². The van der Waals surface area contributed by atoms with Crippen LogP contribution in [0.2, 0.25) is 0 Å². The van der Waals surface area contributed by atoms with Crippen molar-refractivity contribution in [2.45, 2.75) is 32.1 Å². The van der Waals surface area contributed by atoms with Crippen molar-refractivity contribution in [3.63, 3.8) is 0 Å². The molecular formula is C13H28N4O2S. The van der Waals surface area contributed by atoms with Crippen LogP contribution < -0.4 is 10.5 Å². The lowest BCUT2D eigenvalue weighted by molar-refractivity contribution is 0.275. The van der Waals surface area contributed by atoms with Crippen molar-refractivity contribution in [3.8, 4) is 0 Å². The van der Waals surface area contributed by atoms with Gasteiger partial charge in [-0.15, -0.1) is 0 Å². The van der Waals surface area contributed by atoms with Crippen molar-refractivity contribution in [1.29, 1.82) is 0 Å². The van der Waals surface area contributed by atoms with Crippen LogP contribution >= 0.6 is 0 Å². The highest BCUT2D eigenvalue weighted by Gasteiger charge is 2.26. The fraction of sp³-hybridized carbons (Fsp3) is 1.00. The molecule has 7 heteroatoms. The summed E-state index contributed by atoms with van der Waals surface area (Å²) in [5, 5.41) is 0. The maximum absolute atomic E-state index is 12.1. The summed E-state index contributed by atoms with van der Waals surface area (Å²) in [5.74, 6) is 0.483. The second-order valence-electron chi connectivity index (χ2n) is 5.88. The van der Waals surface area contributed by atoms with Crippen molar-refractivity contribution >= 4 is 10.2 Å². The lowest BCUT2D eigenvalue weighted by Crippen LogP contribution is -2.46. The minimum atomic E-state index is -3.29. The highest BCUT2D eigenvalue weighted by molar-refractivity contribution is 7.87. The summed E-state index contributed by atoms with van der Waals surface area (Å²) >= 11 is 0. The van der Waals surface area contributed by atoms with Crippen LogP contribution in [0.4, 0.5) is 0 Å². The van der Waals surface area contributed by atoms with Crippen LogP contribution in [0.15, 0.2) is 0 Å². The molecule has 0 aromatic rings. The molecule has 0 aromatic heterocycles. The standard InChI is InChI=1S/C13H28N4O2S/c14-12-13-4-10-17(11-5-13)20(18,19)15-6-3-9-16-7-1-2-8-16/h13,15H,1-12,14H2. The first-order chi connectivity index (χ1) is 9.62. The van der Waals surface area contributed by atoms with E-state index in [1.807, 2.05) is 0 Å². The summed E-state index contributed by atoms with van der Waals surface area (Å²) in [4.78, 5) is 2.40. The molecule has 0 radical (unpaired) electrons. The van der Waals surface area contributed by atoms with Gasteiger partial charge >= 0.3 is 0 Å². The predicted molar refractivity (Wildman–Crippen MR) is 80.6 cm³/mol.